The van der Waals surface area contributed by atoms with E-state index in [0.717, 1.165) is 28.0 Å². The van der Waals surface area contributed by atoms with Gasteiger partial charge in [0.15, 0.2) is 5.03 Å². The number of nitrogens with zero attached hydrogens (tertiary/aromatic N) is 2. The van der Waals surface area contributed by atoms with Crippen LogP contribution in [0.25, 0.3) is 11.3 Å². The molecule has 0 aliphatic rings. The maximum Gasteiger partial charge on any atom is 0.281 e. The van der Waals surface area contributed by atoms with Crippen molar-refractivity contribution in [2.24, 2.45) is 0 Å². The quantitative estimate of drug-likeness (QED) is 0.311. The maximum absolute atomic E-state index is 13.3. The Balaban J connectivity index is 1.75. The highest BCUT2D eigenvalue weighted by Crippen LogP contribution is 2.33. The molecule has 0 aliphatic carbocycles. The van der Waals surface area contributed by atoms with Crippen molar-refractivity contribution in [2.45, 2.75) is 39.6 Å². The molecule has 1 N–H and O–H groups in total. The van der Waals surface area contributed by atoms with Crippen molar-refractivity contribution < 1.29 is 22.7 Å². The van der Waals surface area contributed by atoms with Gasteiger partial charge in [0.2, 0.25) is 5.88 Å². The monoisotopic (exact) mass is 531 g/mol. The van der Waals surface area contributed by atoms with Crippen molar-refractivity contribution in [3.05, 3.63) is 94.7 Å². The molecule has 2 aromatic heterocycles. The molecule has 0 aliphatic heterocycles. The molecule has 0 fully saturated rings. The Morgan fingerprint density at radius 2 is 1.58 bits per heavy atom. The van der Waals surface area contributed by atoms with Crippen LogP contribution in [0.1, 0.15) is 39.7 Å². The average molecular weight is 532 g/mol. The Labute approximate surface area is 222 Å². The summed E-state index contributed by atoms with van der Waals surface area (Å²) in [7, 11) is -4.22. The van der Waals surface area contributed by atoms with Crippen LogP contribution >= 0.6 is 0 Å². The lowest BCUT2D eigenvalue weighted by Crippen LogP contribution is -2.31. The highest BCUT2D eigenvalue weighted by molar-refractivity contribution is 7.90. The van der Waals surface area contributed by atoms with Crippen molar-refractivity contribution in [3.63, 3.8) is 0 Å². The largest absolute Gasteiger partial charge is 0.494 e. The van der Waals surface area contributed by atoms with Gasteiger partial charge in [-0.25, -0.2) is 14.7 Å². The molecule has 9 heteroatoms. The second-order valence-corrected chi connectivity index (χ2v) is 10.5. The minimum Gasteiger partial charge on any atom is -0.494 e. The van der Waals surface area contributed by atoms with Crippen LogP contribution in [0.3, 0.4) is 0 Å². The number of hydrogen-bond acceptors (Lipinski definition) is 7. The zero-order valence-electron chi connectivity index (χ0n) is 21.9. The van der Waals surface area contributed by atoms with E-state index in [1.807, 2.05) is 64.1 Å². The average Bonchev–Trinajstić information content (AvgIpc) is 2.86. The first-order chi connectivity index (χ1) is 18.1. The molecule has 4 aromatic rings. The van der Waals surface area contributed by atoms with E-state index in [1.165, 1.54) is 12.1 Å². The van der Waals surface area contributed by atoms with Crippen LogP contribution in [-0.4, -0.2) is 30.9 Å². The zero-order chi connectivity index (χ0) is 27.4. The first kappa shape index (κ1) is 26.8. The topological polar surface area (TPSA) is 107 Å². The number of ether oxygens (including phenoxy) is 2. The summed E-state index contributed by atoms with van der Waals surface area (Å²) >= 11 is 0. The first-order valence-electron chi connectivity index (χ1n) is 12.1. The van der Waals surface area contributed by atoms with Gasteiger partial charge in [-0.2, -0.15) is 8.42 Å². The van der Waals surface area contributed by atoms with Gasteiger partial charge in [-0.15, -0.1) is 0 Å². The molecule has 0 radical (unpaired) electrons. The fourth-order valence-corrected chi connectivity index (χ4v) is 5.04. The van der Waals surface area contributed by atoms with Crippen LogP contribution in [-0.2, 0) is 10.0 Å². The summed E-state index contributed by atoms with van der Waals surface area (Å²) in [6.07, 6.45) is 0. The van der Waals surface area contributed by atoms with Gasteiger partial charge in [-0.3, -0.25) is 4.79 Å². The summed E-state index contributed by atoms with van der Waals surface area (Å²) in [5, 5.41) is -0.252. The number of benzene rings is 2. The van der Waals surface area contributed by atoms with Crippen molar-refractivity contribution in [2.75, 3.05) is 6.61 Å². The van der Waals surface area contributed by atoms with E-state index in [0.29, 0.717) is 23.7 Å². The third-order valence-electron chi connectivity index (χ3n) is 5.73. The summed E-state index contributed by atoms with van der Waals surface area (Å²) in [6, 6.07) is 19.0. The van der Waals surface area contributed by atoms with Gasteiger partial charge in [-0.05, 0) is 94.3 Å². The summed E-state index contributed by atoms with van der Waals surface area (Å²) in [4.78, 5) is 21.9. The SMILES string of the molecule is CCOc1ccc(-c2ccc(C(=O)NS(=O)(=O)c3cccc(C)n3)c(Oc3c(C)cc(C)cc3C)n2)cc1. The number of aromatic nitrogens is 2. The van der Waals surface area contributed by atoms with E-state index >= 15 is 0 Å². The number of sulfonamides is 1. The van der Waals surface area contributed by atoms with Gasteiger partial charge in [0.1, 0.15) is 17.1 Å². The number of carbonyl (C=O) groups excluding carboxylic acids is 1. The van der Waals surface area contributed by atoms with Crippen LogP contribution in [0, 0.1) is 27.7 Å². The Kier molecular flexibility index (Phi) is 7.78. The lowest BCUT2D eigenvalue weighted by molar-refractivity contribution is 0.0978. The van der Waals surface area contributed by atoms with E-state index in [2.05, 4.69) is 14.7 Å². The molecule has 0 spiro atoms. The highest BCUT2D eigenvalue weighted by Gasteiger charge is 2.24. The van der Waals surface area contributed by atoms with E-state index in [4.69, 9.17) is 9.47 Å². The molecule has 0 saturated heterocycles. The minimum atomic E-state index is -4.22. The normalized spacial score (nSPS) is 11.2. The van der Waals surface area contributed by atoms with E-state index in [9.17, 15) is 13.2 Å². The highest BCUT2D eigenvalue weighted by atomic mass is 32.2. The van der Waals surface area contributed by atoms with Crippen LogP contribution in [0.2, 0.25) is 0 Å². The number of rotatable bonds is 8. The second kappa shape index (κ2) is 11.0. The van der Waals surface area contributed by atoms with Crippen LogP contribution in [0.4, 0.5) is 0 Å². The minimum absolute atomic E-state index is 0.0173. The standard InChI is InChI=1S/C29H29N3O5S/c1-6-36-23-12-10-22(11-13-23)25-15-14-24(28(33)32-38(34,35)26-9-7-8-21(5)30-26)29(31-25)37-27-19(3)16-18(2)17-20(27)4/h7-17H,6H2,1-5H3,(H,32,33). The van der Waals surface area contributed by atoms with Gasteiger partial charge < -0.3 is 9.47 Å². The van der Waals surface area contributed by atoms with Gasteiger partial charge in [-0.1, -0.05) is 23.8 Å². The smallest absolute Gasteiger partial charge is 0.281 e. The van der Waals surface area contributed by atoms with Crippen molar-refractivity contribution >= 4 is 15.9 Å². The zero-order valence-corrected chi connectivity index (χ0v) is 22.7. The molecule has 0 saturated carbocycles. The lowest BCUT2D eigenvalue weighted by atomic mass is 10.1. The number of hydrogen-bond donors (Lipinski definition) is 1. The van der Waals surface area contributed by atoms with Gasteiger partial charge in [0, 0.05) is 11.3 Å². The Morgan fingerprint density at radius 1 is 0.895 bits per heavy atom. The fourth-order valence-electron chi connectivity index (χ4n) is 4.06. The molecule has 196 valence electrons. The molecule has 38 heavy (non-hydrogen) atoms. The maximum atomic E-state index is 13.3. The van der Waals surface area contributed by atoms with Crippen molar-refractivity contribution in [3.8, 4) is 28.6 Å². The Hall–Kier alpha value is -4.24. The van der Waals surface area contributed by atoms with Crippen LogP contribution < -0.4 is 14.2 Å². The van der Waals surface area contributed by atoms with Gasteiger partial charge in [0.05, 0.1) is 12.3 Å². The summed E-state index contributed by atoms with van der Waals surface area (Å²) in [5.74, 6) is 0.376. The van der Waals surface area contributed by atoms with E-state index in [1.54, 1.807) is 25.1 Å². The fraction of sp³-hybridized carbons (Fsp3) is 0.207. The molecule has 1 amide bonds. The summed E-state index contributed by atoms with van der Waals surface area (Å²) in [6.45, 7) is 9.92. The molecule has 0 bridgehead atoms. The second-order valence-electron chi connectivity index (χ2n) is 8.89. The van der Waals surface area contributed by atoms with Gasteiger partial charge in [0.25, 0.3) is 15.9 Å². The number of pyridine rings is 2. The number of amides is 1. The van der Waals surface area contributed by atoms with E-state index < -0.39 is 15.9 Å². The third-order valence-corrected chi connectivity index (χ3v) is 6.97. The molecule has 0 unspecified atom stereocenters. The molecule has 2 aromatic carbocycles. The predicted molar refractivity (Wildman–Crippen MR) is 145 cm³/mol. The van der Waals surface area contributed by atoms with Crippen LogP contribution in [0.15, 0.2) is 71.8 Å². The molecular formula is C29H29N3O5S. The first-order valence-corrected chi connectivity index (χ1v) is 13.6. The van der Waals surface area contributed by atoms with Crippen LogP contribution in [0.5, 0.6) is 17.4 Å². The summed E-state index contributed by atoms with van der Waals surface area (Å²) < 4.78 is 39.6. The molecular weight excluding hydrogens is 502 g/mol. The number of carbonyl (C=O) groups is 1. The third kappa shape index (κ3) is 6.00. The van der Waals surface area contributed by atoms with Crippen molar-refractivity contribution in [1.82, 2.24) is 14.7 Å². The Bertz CT molecular complexity index is 1580. The van der Waals surface area contributed by atoms with Crippen molar-refractivity contribution in [1.29, 1.82) is 0 Å². The molecule has 2 heterocycles. The van der Waals surface area contributed by atoms with Gasteiger partial charge >= 0.3 is 0 Å². The summed E-state index contributed by atoms with van der Waals surface area (Å²) in [5.41, 5.74) is 4.59. The lowest BCUT2D eigenvalue weighted by Gasteiger charge is -2.16. The molecule has 8 nitrogen and oxygen atoms in total. The molecule has 4 rings (SSSR count). The number of aryl methyl sites for hydroxylation is 4. The predicted octanol–water partition coefficient (Wildman–Crippen LogP) is 5.69. The Morgan fingerprint density at radius 3 is 2.21 bits per heavy atom. The number of nitrogens with one attached hydrogen (secondary N) is 1. The van der Waals surface area contributed by atoms with E-state index in [-0.39, 0.29) is 16.5 Å². The molecule has 0 atom stereocenters.